The van der Waals surface area contributed by atoms with Crippen molar-refractivity contribution in [3.05, 3.63) is 82.4 Å². The summed E-state index contributed by atoms with van der Waals surface area (Å²) in [4.78, 5) is 73.5. The number of hydrogen-bond donors (Lipinski definition) is 6. The standard InChI is InChI=1S/C46H61N9O7/c1-5-6-7-8-9-30-10-13-34(28(2)22-30)45(59)55-27-33(50)26-38(55)46(60)54(4)41-32-12-15-40(62-21-18-49)36(25-32)35-23-31(11-14-39(35)61-20-17-48)24-37(43(57)51-19-16-47)53-42(56)29(3)52-44(41)58/h10-15,22-23,25,29,33,37-38,41H,5-9,17-21,24,26-27,48-50H2,1-4H3,(H,51,57)(H,52,58)(H,53,56)/t29-,33+,37-,38-,41-/m0/s1. The van der Waals surface area contributed by atoms with Crippen LogP contribution >= 0.6 is 0 Å². The molecular weight excluding hydrogens is 791 g/mol. The molecule has 0 saturated carbocycles. The highest BCUT2D eigenvalue weighted by atomic mass is 16.5. The summed E-state index contributed by atoms with van der Waals surface area (Å²) in [5, 5.41) is 17.1. The zero-order valence-corrected chi connectivity index (χ0v) is 36.2. The summed E-state index contributed by atoms with van der Waals surface area (Å²) >= 11 is 0. The van der Waals surface area contributed by atoms with Crippen molar-refractivity contribution >= 4 is 29.5 Å². The molecule has 62 heavy (non-hydrogen) atoms. The van der Waals surface area contributed by atoms with Crippen LogP contribution in [-0.2, 0) is 32.0 Å². The first-order valence-electron chi connectivity index (χ1n) is 21.4. The molecule has 9 N–H and O–H groups in total. The second-order valence-corrected chi connectivity index (χ2v) is 16.0. The number of carbonyl (C=O) groups is 5. The summed E-state index contributed by atoms with van der Waals surface area (Å²) in [5.74, 6) is -2.01. The molecule has 3 aromatic rings. The largest absolute Gasteiger partial charge is 0.492 e. The number of nitrogens with zero attached hydrogens (tertiary/aromatic N) is 3. The van der Waals surface area contributed by atoms with Crippen LogP contribution in [0.2, 0.25) is 0 Å². The van der Waals surface area contributed by atoms with Crippen molar-refractivity contribution in [3.8, 4) is 28.7 Å². The predicted octanol–water partition coefficient (Wildman–Crippen LogP) is 2.39. The van der Waals surface area contributed by atoms with Crippen LogP contribution in [0.4, 0.5) is 0 Å². The van der Waals surface area contributed by atoms with Crippen LogP contribution in [0.25, 0.3) is 11.1 Å². The summed E-state index contributed by atoms with van der Waals surface area (Å²) in [5.41, 5.74) is 22.6. The number of aryl methyl sites for hydroxylation is 2. The number of ether oxygens (including phenoxy) is 2. The van der Waals surface area contributed by atoms with Gasteiger partial charge in [0.1, 0.15) is 55.4 Å². The van der Waals surface area contributed by atoms with E-state index in [0.717, 1.165) is 36.8 Å². The highest BCUT2D eigenvalue weighted by Crippen LogP contribution is 2.40. The quantitative estimate of drug-likeness (QED) is 0.0902. The van der Waals surface area contributed by atoms with Crippen molar-refractivity contribution in [2.45, 2.75) is 95.9 Å². The number of rotatable bonds is 16. The van der Waals surface area contributed by atoms with Crippen LogP contribution in [-0.4, -0.2) is 110 Å². The van der Waals surface area contributed by atoms with Crippen molar-refractivity contribution in [1.29, 1.82) is 5.26 Å². The highest BCUT2D eigenvalue weighted by Gasteiger charge is 2.43. The fourth-order valence-electron chi connectivity index (χ4n) is 8.05. The first-order chi connectivity index (χ1) is 29.8. The number of hydrogen-bond acceptors (Lipinski definition) is 11. The van der Waals surface area contributed by atoms with Crippen molar-refractivity contribution in [1.82, 2.24) is 25.8 Å². The normalized spacial score (nSPS) is 20.0. The zero-order chi connectivity index (χ0) is 44.9. The molecule has 2 aliphatic heterocycles. The third kappa shape index (κ3) is 11.5. The maximum atomic E-state index is 14.8. The molecule has 2 aliphatic rings. The molecule has 16 heteroatoms. The molecule has 2 heterocycles. The van der Waals surface area contributed by atoms with E-state index in [0.29, 0.717) is 39.3 Å². The van der Waals surface area contributed by atoms with E-state index in [1.54, 1.807) is 36.4 Å². The van der Waals surface area contributed by atoms with Crippen LogP contribution in [0.1, 0.15) is 84.6 Å². The van der Waals surface area contributed by atoms with Crippen LogP contribution < -0.4 is 42.6 Å². The lowest BCUT2D eigenvalue weighted by Crippen LogP contribution is -2.55. The van der Waals surface area contributed by atoms with Crippen molar-refractivity contribution in [3.63, 3.8) is 0 Å². The van der Waals surface area contributed by atoms with Crippen molar-refractivity contribution in [2.24, 2.45) is 17.2 Å². The van der Waals surface area contributed by atoms with E-state index in [2.05, 4.69) is 22.9 Å². The van der Waals surface area contributed by atoms with Gasteiger partial charge in [0.25, 0.3) is 5.91 Å². The number of likely N-dealkylation sites (N-methyl/N-ethyl adjacent to an activating group) is 1. The number of fused-ring (bicyclic) bond motifs is 5. The van der Waals surface area contributed by atoms with Crippen molar-refractivity contribution in [2.75, 3.05) is 46.4 Å². The molecule has 16 nitrogen and oxygen atoms in total. The SMILES string of the molecule is CCCCCCc1ccc(C(=O)N2C[C@H](N)C[C@H]2C(=O)N(C)[C@@H]2C(=O)N[C@@H](C)C(=O)N[C@H](C(=O)NCC#N)Cc3ccc(OCCN)c(c3)-c3cc2ccc3OCCN)c(C)c1. The molecule has 1 saturated heterocycles. The van der Waals surface area contributed by atoms with E-state index in [9.17, 15) is 24.0 Å². The molecule has 3 aromatic carbocycles. The van der Waals surface area contributed by atoms with Gasteiger partial charge in [-0.3, -0.25) is 24.0 Å². The van der Waals surface area contributed by atoms with E-state index >= 15 is 0 Å². The summed E-state index contributed by atoms with van der Waals surface area (Å²) in [6.45, 7) is 6.13. The van der Waals surface area contributed by atoms with Gasteiger partial charge in [0.15, 0.2) is 0 Å². The molecule has 0 aliphatic carbocycles. The monoisotopic (exact) mass is 851 g/mol. The Balaban J connectivity index is 1.58. The number of benzene rings is 3. The van der Waals surface area contributed by atoms with Crippen LogP contribution in [0.5, 0.6) is 11.5 Å². The third-order valence-corrected chi connectivity index (χ3v) is 11.3. The fourth-order valence-corrected chi connectivity index (χ4v) is 8.05. The second-order valence-electron chi connectivity index (χ2n) is 16.0. The molecule has 0 aromatic heterocycles. The number of likely N-dealkylation sites (tertiary alicyclic amines) is 1. The smallest absolute Gasteiger partial charge is 0.254 e. The van der Waals surface area contributed by atoms with Gasteiger partial charge in [-0.2, -0.15) is 5.26 Å². The van der Waals surface area contributed by atoms with Gasteiger partial charge in [-0.1, -0.05) is 50.5 Å². The van der Waals surface area contributed by atoms with Gasteiger partial charge < -0.3 is 52.4 Å². The summed E-state index contributed by atoms with van der Waals surface area (Å²) in [6.07, 6.45) is 5.61. The Hall–Kier alpha value is -6.02. The first kappa shape index (κ1) is 47.0. The number of nitriles is 1. The minimum Gasteiger partial charge on any atom is -0.492 e. The van der Waals surface area contributed by atoms with E-state index in [-0.39, 0.29) is 58.1 Å². The Kier molecular flexibility index (Phi) is 16.8. The maximum Gasteiger partial charge on any atom is 0.254 e. The van der Waals surface area contributed by atoms with E-state index in [1.165, 1.54) is 30.2 Å². The molecule has 5 atom stereocenters. The van der Waals surface area contributed by atoms with Gasteiger partial charge >= 0.3 is 0 Å². The Labute approximate surface area is 363 Å². The van der Waals surface area contributed by atoms with E-state index in [1.807, 2.05) is 31.2 Å². The molecule has 0 radical (unpaired) electrons. The number of carbonyl (C=O) groups excluding carboxylic acids is 5. The molecule has 0 unspecified atom stereocenters. The van der Waals surface area contributed by atoms with Crippen LogP contribution in [0.15, 0.2) is 54.6 Å². The topological polar surface area (TPSA) is 248 Å². The lowest BCUT2D eigenvalue weighted by Gasteiger charge is -2.34. The van der Waals surface area contributed by atoms with Crippen molar-refractivity contribution < 1.29 is 33.4 Å². The number of nitrogens with one attached hydrogen (secondary N) is 3. The Morgan fingerprint density at radius 2 is 1.63 bits per heavy atom. The molecule has 1 fully saturated rings. The Bertz CT molecular complexity index is 2140. The van der Waals surface area contributed by atoms with Gasteiger partial charge in [0.2, 0.25) is 23.6 Å². The van der Waals surface area contributed by atoms with Gasteiger partial charge in [-0.25, -0.2) is 0 Å². The number of amides is 5. The molecule has 4 bridgehead atoms. The predicted molar refractivity (Wildman–Crippen MR) is 235 cm³/mol. The molecule has 5 amide bonds. The Morgan fingerprint density at radius 1 is 0.935 bits per heavy atom. The summed E-state index contributed by atoms with van der Waals surface area (Å²) < 4.78 is 12.2. The van der Waals surface area contributed by atoms with E-state index in [4.69, 9.17) is 31.9 Å². The van der Waals surface area contributed by atoms with E-state index < -0.39 is 53.8 Å². The zero-order valence-electron chi connectivity index (χ0n) is 36.2. The Morgan fingerprint density at radius 3 is 2.29 bits per heavy atom. The lowest BCUT2D eigenvalue weighted by molar-refractivity contribution is -0.143. The minimum absolute atomic E-state index is 0.0217. The molecular formula is C46H61N9O7. The maximum absolute atomic E-state index is 14.8. The van der Waals surface area contributed by atoms with Gasteiger partial charge in [0.05, 0.1) is 6.07 Å². The average molecular weight is 852 g/mol. The third-order valence-electron chi connectivity index (χ3n) is 11.3. The molecule has 5 rings (SSSR count). The fraction of sp³-hybridized carbons (Fsp3) is 0.478. The summed E-state index contributed by atoms with van der Waals surface area (Å²) in [6, 6.07) is 12.9. The van der Waals surface area contributed by atoms with Crippen LogP contribution in [0, 0.1) is 18.3 Å². The molecule has 332 valence electrons. The minimum atomic E-state index is -1.34. The highest BCUT2D eigenvalue weighted by molar-refractivity contribution is 6.00. The molecule has 0 spiro atoms. The van der Waals surface area contributed by atoms with Gasteiger partial charge in [-0.05, 0) is 85.7 Å². The average Bonchev–Trinajstić information content (AvgIpc) is 3.66. The lowest BCUT2D eigenvalue weighted by atomic mass is 9.93. The second kappa shape index (κ2) is 22.2. The number of nitrogens with two attached hydrogens (primary N) is 3. The van der Waals surface area contributed by atoms with Gasteiger partial charge in [0, 0.05) is 55.8 Å². The van der Waals surface area contributed by atoms with Crippen LogP contribution in [0.3, 0.4) is 0 Å². The van der Waals surface area contributed by atoms with Gasteiger partial charge in [-0.15, -0.1) is 0 Å². The first-order valence-corrected chi connectivity index (χ1v) is 21.4. The number of unbranched alkanes of at least 4 members (excludes halogenated alkanes) is 3. The summed E-state index contributed by atoms with van der Waals surface area (Å²) in [7, 11) is 1.48.